The van der Waals surface area contributed by atoms with Gasteiger partial charge in [0.25, 0.3) is 10.0 Å². The van der Waals surface area contributed by atoms with Crippen molar-refractivity contribution in [2.75, 3.05) is 24.6 Å². The fraction of sp³-hybridized carbons (Fsp3) is 0.667. The molecule has 1 saturated heterocycles. The molecule has 1 aliphatic heterocycles. The number of rotatable bonds is 5. The summed E-state index contributed by atoms with van der Waals surface area (Å²) >= 11 is 3.20. The summed E-state index contributed by atoms with van der Waals surface area (Å²) in [5.41, 5.74) is 0. The van der Waals surface area contributed by atoms with Gasteiger partial charge in [-0.05, 0) is 25.6 Å². The molecular weight excluding hydrogens is 300 g/mol. The van der Waals surface area contributed by atoms with Gasteiger partial charge in [-0.1, -0.05) is 6.92 Å². The van der Waals surface area contributed by atoms with E-state index in [-0.39, 0.29) is 6.04 Å². The standard InChI is InChI=1S/C12H20N2O2S3/c1-3-13-8-11-4-5-12(18-11)19(15,16)14-6-7-17-9-10(14)2/h4-5,10,13H,3,6-9H2,1-2H3. The summed E-state index contributed by atoms with van der Waals surface area (Å²) in [4.78, 5) is 1.07. The van der Waals surface area contributed by atoms with Gasteiger partial charge < -0.3 is 5.32 Å². The molecular formula is C12H20N2O2S3. The van der Waals surface area contributed by atoms with E-state index in [0.717, 1.165) is 29.5 Å². The van der Waals surface area contributed by atoms with Crippen LogP contribution in [-0.2, 0) is 16.6 Å². The molecule has 0 spiro atoms. The minimum Gasteiger partial charge on any atom is -0.312 e. The van der Waals surface area contributed by atoms with Crippen LogP contribution < -0.4 is 5.32 Å². The van der Waals surface area contributed by atoms with E-state index in [1.807, 2.05) is 31.7 Å². The van der Waals surface area contributed by atoms with E-state index in [4.69, 9.17) is 0 Å². The smallest absolute Gasteiger partial charge is 0.252 e. The molecule has 0 amide bonds. The number of thioether (sulfide) groups is 1. The maximum Gasteiger partial charge on any atom is 0.252 e. The second-order valence-electron chi connectivity index (χ2n) is 4.54. The van der Waals surface area contributed by atoms with Gasteiger partial charge in [-0.3, -0.25) is 0 Å². The van der Waals surface area contributed by atoms with E-state index in [0.29, 0.717) is 10.8 Å². The van der Waals surface area contributed by atoms with Crippen LogP contribution in [0, 0.1) is 0 Å². The molecule has 0 aliphatic carbocycles. The number of thiophene rings is 1. The average molecular weight is 321 g/mol. The van der Waals surface area contributed by atoms with Crippen molar-refractivity contribution in [2.24, 2.45) is 0 Å². The topological polar surface area (TPSA) is 49.4 Å². The van der Waals surface area contributed by atoms with Crippen molar-refractivity contribution >= 4 is 33.1 Å². The van der Waals surface area contributed by atoms with Crippen LogP contribution in [0.15, 0.2) is 16.3 Å². The minimum absolute atomic E-state index is 0.0862. The van der Waals surface area contributed by atoms with Gasteiger partial charge in [-0.2, -0.15) is 16.1 Å². The van der Waals surface area contributed by atoms with Crippen molar-refractivity contribution in [1.82, 2.24) is 9.62 Å². The number of nitrogens with one attached hydrogen (secondary N) is 1. The van der Waals surface area contributed by atoms with E-state index in [1.54, 1.807) is 10.4 Å². The Labute approximate surface area is 123 Å². The number of sulfonamides is 1. The molecule has 1 fully saturated rings. The molecule has 0 aromatic carbocycles. The molecule has 7 heteroatoms. The van der Waals surface area contributed by atoms with Gasteiger partial charge in [0.15, 0.2) is 0 Å². The summed E-state index contributed by atoms with van der Waals surface area (Å²) in [6.07, 6.45) is 0. The van der Waals surface area contributed by atoms with Gasteiger partial charge in [0.05, 0.1) is 0 Å². The molecule has 1 N–H and O–H groups in total. The van der Waals surface area contributed by atoms with Gasteiger partial charge in [0, 0.05) is 35.5 Å². The van der Waals surface area contributed by atoms with E-state index >= 15 is 0 Å². The summed E-state index contributed by atoms with van der Waals surface area (Å²) in [5, 5.41) is 3.22. The SMILES string of the molecule is CCNCc1ccc(S(=O)(=O)N2CCSCC2C)s1. The summed E-state index contributed by atoms with van der Waals surface area (Å²) in [6.45, 7) is 6.27. The maximum atomic E-state index is 12.6. The number of hydrogen-bond acceptors (Lipinski definition) is 5. The molecule has 1 aromatic heterocycles. The Balaban J connectivity index is 2.16. The van der Waals surface area contributed by atoms with Gasteiger partial charge in [0.2, 0.25) is 0 Å². The van der Waals surface area contributed by atoms with Crippen molar-refractivity contribution in [3.63, 3.8) is 0 Å². The Morgan fingerprint density at radius 1 is 1.47 bits per heavy atom. The Morgan fingerprint density at radius 3 is 2.95 bits per heavy atom. The second kappa shape index (κ2) is 6.58. The molecule has 19 heavy (non-hydrogen) atoms. The Morgan fingerprint density at radius 2 is 2.26 bits per heavy atom. The highest BCUT2D eigenvalue weighted by atomic mass is 32.2. The van der Waals surface area contributed by atoms with Crippen molar-refractivity contribution in [2.45, 2.75) is 30.6 Å². The summed E-state index contributed by atoms with van der Waals surface area (Å²) in [6, 6.07) is 3.73. The van der Waals surface area contributed by atoms with Gasteiger partial charge in [0.1, 0.15) is 4.21 Å². The molecule has 2 rings (SSSR count). The van der Waals surface area contributed by atoms with Gasteiger partial charge in [-0.25, -0.2) is 8.42 Å². The third-order valence-corrected chi connectivity index (χ3v) is 7.81. The fourth-order valence-corrected chi connectivity index (χ4v) is 6.33. The van der Waals surface area contributed by atoms with E-state index < -0.39 is 10.0 Å². The van der Waals surface area contributed by atoms with E-state index in [9.17, 15) is 8.42 Å². The molecule has 108 valence electrons. The third-order valence-electron chi connectivity index (χ3n) is 3.06. The third kappa shape index (κ3) is 3.52. The van der Waals surface area contributed by atoms with Crippen LogP contribution in [0.2, 0.25) is 0 Å². The van der Waals surface area contributed by atoms with Crippen LogP contribution in [0.1, 0.15) is 18.7 Å². The zero-order chi connectivity index (χ0) is 13.9. The molecule has 0 radical (unpaired) electrons. The lowest BCUT2D eigenvalue weighted by Crippen LogP contribution is -2.44. The predicted molar refractivity (Wildman–Crippen MR) is 82.4 cm³/mol. The zero-order valence-electron chi connectivity index (χ0n) is 11.3. The van der Waals surface area contributed by atoms with Crippen LogP contribution in [0.4, 0.5) is 0 Å². The monoisotopic (exact) mass is 320 g/mol. The lowest BCUT2D eigenvalue weighted by atomic mass is 10.4. The Kier molecular flexibility index (Phi) is 5.30. The molecule has 2 heterocycles. The van der Waals surface area contributed by atoms with Gasteiger partial charge >= 0.3 is 0 Å². The number of hydrogen-bond donors (Lipinski definition) is 1. The first kappa shape index (κ1) is 15.3. The van der Waals surface area contributed by atoms with Gasteiger partial charge in [-0.15, -0.1) is 11.3 Å². The summed E-state index contributed by atoms with van der Waals surface area (Å²) in [5.74, 6) is 1.77. The largest absolute Gasteiger partial charge is 0.312 e. The molecule has 1 atom stereocenters. The molecule has 1 aromatic rings. The van der Waals surface area contributed by atoms with Crippen molar-refractivity contribution in [3.8, 4) is 0 Å². The first-order valence-corrected chi connectivity index (χ1v) is 9.86. The Hall–Kier alpha value is -0.0800. The van der Waals surface area contributed by atoms with E-state index in [2.05, 4.69) is 5.32 Å². The number of nitrogens with zero attached hydrogens (tertiary/aromatic N) is 1. The summed E-state index contributed by atoms with van der Waals surface area (Å²) < 4.78 is 27.3. The van der Waals surface area contributed by atoms with E-state index in [1.165, 1.54) is 11.3 Å². The molecule has 1 unspecified atom stereocenters. The normalized spacial score (nSPS) is 21.7. The van der Waals surface area contributed by atoms with Crippen molar-refractivity contribution in [3.05, 3.63) is 17.0 Å². The first-order chi connectivity index (χ1) is 9.05. The molecule has 0 saturated carbocycles. The highest BCUT2D eigenvalue weighted by Gasteiger charge is 2.32. The fourth-order valence-electron chi connectivity index (χ4n) is 2.02. The maximum absolute atomic E-state index is 12.6. The second-order valence-corrected chi connectivity index (χ2v) is 8.98. The van der Waals surface area contributed by atoms with Crippen LogP contribution in [0.3, 0.4) is 0 Å². The Bertz CT molecular complexity index is 513. The molecule has 4 nitrogen and oxygen atoms in total. The van der Waals surface area contributed by atoms with Crippen molar-refractivity contribution in [1.29, 1.82) is 0 Å². The quantitative estimate of drug-likeness (QED) is 0.901. The minimum atomic E-state index is -3.30. The molecule has 0 bridgehead atoms. The lowest BCUT2D eigenvalue weighted by molar-refractivity contribution is 0.368. The zero-order valence-corrected chi connectivity index (χ0v) is 13.7. The molecule has 1 aliphatic rings. The predicted octanol–water partition coefficient (Wildman–Crippen LogP) is 1.98. The average Bonchev–Trinajstić information content (AvgIpc) is 2.86. The van der Waals surface area contributed by atoms with Crippen molar-refractivity contribution < 1.29 is 8.42 Å². The lowest BCUT2D eigenvalue weighted by Gasteiger charge is -2.31. The highest BCUT2D eigenvalue weighted by Crippen LogP contribution is 2.29. The first-order valence-electron chi connectivity index (χ1n) is 6.44. The van der Waals surface area contributed by atoms with Crippen LogP contribution in [0.25, 0.3) is 0 Å². The van der Waals surface area contributed by atoms with Crippen LogP contribution in [0.5, 0.6) is 0 Å². The van der Waals surface area contributed by atoms with Crippen LogP contribution in [-0.4, -0.2) is 43.4 Å². The van der Waals surface area contributed by atoms with Crippen LogP contribution >= 0.6 is 23.1 Å². The highest BCUT2D eigenvalue weighted by molar-refractivity contribution is 7.99. The summed E-state index contributed by atoms with van der Waals surface area (Å²) in [7, 11) is -3.30.